The van der Waals surface area contributed by atoms with Crippen molar-refractivity contribution in [3.05, 3.63) is 0 Å². The van der Waals surface area contributed by atoms with E-state index < -0.39 is 11.2 Å². The van der Waals surface area contributed by atoms with Crippen molar-refractivity contribution in [1.29, 1.82) is 0 Å². The van der Waals surface area contributed by atoms with E-state index >= 15 is 0 Å². The second-order valence-electron chi connectivity index (χ2n) is 4.52. The lowest BCUT2D eigenvalue weighted by Crippen LogP contribution is -2.14. The molecule has 0 aromatic heterocycles. The van der Waals surface area contributed by atoms with Crippen LogP contribution in [0.1, 0.15) is 0 Å². The number of aliphatic hydroxyl groups is 2. The number of carbonyl (C=O) groups is 2. The molecule has 0 aliphatic carbocycles. The van der Waals surface area contributed by atoms with Crippen LogP contribution >= 0.6 is 47.0 Å². The molecule has 0 aliphatic heterocycles. The quantitative estimate of drug-likeness (QED) is 0.0668. The zero-order chi connectivity index (χ0) is 20.2. The fourth-order valence-electron chi connectivity index (χ4n) is 1.25. The molecule has 0 aromatic carbocycles. The SMILES string of the molecule is O=C(CSCC[S+]([O-])CSCSC(=O)CSCCOOCCO)OCCO. The molecular formula is C14H26O8S5. The van der Waals surface area contributed by atoms with E-state index in [1.807, 2.05) is 0 Å². The summed E-state index contributed by atoms with van der Waals surface area (Å²) in [7, 11) is 0. The Morgan fingerprint density at radius 3 is 2.37 bits per heavy atom. The predicted octanol–water partition coefficient (Wildman–Crippen LogP) is 0.586. The summed E-state index contributed by atoms with van der Waals surface area (Å²) < 4.78 is 16.5. The molecule has 0 heterocycles. The largest absolute Gasteiger partial charge is 0.616 e. The Morgan fingerprint density at radius 1 is 0.926 bits per heavy atom. The van der Waals surface area contributed by atoms with Gasteiger partial charge in [0, 0.05) is 11.5 Å². The molecule has 0 fully saturated rings. The van der Waals surface area contributed by atoms with Crippen molar-refractivity contribution in [2.75, 3.05) is 72.0 Å². The number of hydrogen-bond donors (Lipinski definition) is 2. The Bertz CT molecular complexity index is 377. The molecule has 27 heavy (non-hydrogen) atoms. The van der Waals surface area contributed by atoms with Gasteiger partial charge in [-0.3, -0.25) is 9.59 Å². The van der Waals surface area contributed by atoms with E-state index in [1.54, 1.807) is 0 Å². The highest BCUT2D eigenvalue weighted by Crippen LogP contribution is 2.18. The molecule has 160 valence electrons. The number of ether oxygens (including phenoxy) is 1. The van der Waals surface area contributed by atoms with Gasteiger partial charge in [0.25, 0.3) is 0 Å². The zero-order valence-corrected chi connectivity index (χ0v) is 19.0. The van der Waals surface area contributed by atoms with Gasteiger partial charge >= 0.3 is 5.97 Å². The third-order valence-corrected chi connectivity index (χ3v) is 8.61. The van der Waals surface area contributed by atoms with Crippen LogP contribution in [-0.4, -0.2) is 97.8 Å². The molecule has 0 spiro atoms. The molecule has 8 nitrogen and oxygen atoms in total. The fraction of sp³-hybridized carbons (Fsp3) is 0.857. The van der Waals surface area contributed by atoms with Crippen LogP contribution in [0.4, 0.5) is 0 Å². The van der Waals surface area contributed by atoms with Crippen LogP contribution in [-0.2, 0) is 35.3 Å². The van der Waals surface area contributed by atoms with Crippen molar-refractivity contribution in [3.63, 3.8) is 0 Å². The number of esters is 1. The summed E-state index contributed by atoms with van der Waals surface area (Å²) in [6.45, 7) is 0.209. The van der Waals surface area contributed by atoms with Crippen molar-refractivity contribution in [2.24, 2.45) is 0 Å². The highest BCUT2D eigenvalue weighted by molar-refractivity contribution is 8.27. The first kappa shape index (κ1) is 27.7. The molecule has 0 aromatic rings. The summed E-state index contributed by atoms with van der Waals surface area (Å²) in [5, 5.41) is 18.1. The van der Waals surface area contributed by atoms with E-state index in [0.29, 0.717) is 39.8 Å². The minimum atomic E-state index is -0.994. The van der Waals surface area contributed by atoms with E-state index in [-0.39, 0.29) is 43.3 Å². The van der Waals surface area contributed by atoms with Gasteiger partial charge in [0.15, 0.2) is 10.2 Å². The van der Waals surface area contributed by atoms with E-state index in [2.05, 4.69) is 4.89 Å². The minimum Gasteiger partial charge on any atom is -0.616 e. The third kappa shape index (κ3) is 21.2. The van der Waals surface area contributed by atoms with Gasteiger partial charge in [0.05, 0.1) is 36.4 Å². The second kappa shape index (κ2) is 21.4. The van der Waals surface area contributed by atoms with Crippen LogP contribution < -0.4 is 0 Å². The highest BCUT2D eigenvalue weighted by Gasteiger charge is 2.10. The van der Waals surface area contributed by atoms with Crippen molar-refractivity contribution in [3.8, 4) is 0 Å². The summed E-state index contributed by atoms with van der Waals surface area (Å²) >= 11 is 4.46. The topological polar surface area (TPSA) is 125 Å². The second-order valence-corrected chi connectivity index (χ2v) is 11.1. The summed E-state index contributed by atoms with van der Waals surface area (Å²) in [4.78, 5) is 32.3. The monoisotopic (exact) mass is 482 g/mol. The summed E-state index contributed by atoms with van der Waals surface area (Å²) in [5.74, 6) is 1.88. The third-order valence-electron chi connectivity index (χ3n) is 2.34. The molecule has 0 rings (SSSR count). The number of hydrogen-bond acceptors (Lipinski definition) is 12. The molecule has 1 unspecified atom stereocenters. The first-order valence-electron chi connectivity index (χ1n) is 7.95. The molecule has 0 aliphatic rings. The molecule has 13 heteroatoms. The van der Waals surface area contributed by atoms with E-state index in [1.165, 1.54) is 47.0 Å². The molecule has 0 amide bonds. The lowest BCUT2D eigenvalue weighted by molar-refractivity contribution is -0.293. The standard InChI is InChI=1S/C14H26O8S5/c15-1-3-20-13(17)9-24-7-8-27(19)12-25-11-26-14(18)10-23-6-5-22-21-4-2-16/h15-16H,1-12H2. The number of carbonyl (C=O) groups excluding carboxylic acids is 2. The van der Waals surface area contributed by atoms with Gasteiger partial charge in [-0.05, 0) is 11.2 Å². The predicted molar refractivity (Wildman–Crippen MR) is 115 cm³/mol. The van der Waals surface area contributed by atoms with Gasteiger partial charge in [-0.2, -0.15) is 11.8 Å². The number of aliphatic hydroxyl groups excluding tert-OH is 2. The maximum Gasteiger partial charge on any atom is 0.315 e. The van der Waals surface area contributed by atoms with Crippen LogP contribution in [0.3, 0.4) is 0 Å². The van der Waals surface area contributed by atoms with Gasteiger partial charge in [0.2, 0.25) is 0 Å². The molecule has 0 bridgehead atoms. The summed E-state index contributed by atoms with van der Waals surface area (Å²) in [6.07, 6.45) is 0. The van der Waals surface area contributed by atoms with Gasteiger partial charge < -0.3 is 19.5 Å². The maximum atomic E-state index is 11.8. The Morgan fingerprint density at radius 2 is 1.63 bits per heavy atom. The van der Waals surface area contributed by atoms with Crippen LogP contribution in [0, 0.1) is 0 Å². The fourth-order valence-corrected chi connectivity index (χ4v) is 6.90. The first-order chi connectivity index (χ1) is 13.1. The van der Waals surface area contributed by atoms with Crippen LogP contribution in [0.2, 0.25) is 0 Å². The van der Waals surface area contributed by atoms with Crippen LogP contribution in [0.25, 0.3) is 0 Å². The van der Waals surface area contributed by atoms with Gasteiger partial charge in [-0.25, -0.2) is 9.78 Å². The van der Waals surface area contributed by atoms with E-state index in [9.17, 15) is 14.1 Å². The minimum absolute atomic E-state index is 0.00365. The van der Waals surface area contributed by atoms with Crippen molar-refractivity contribution < 1.29 is 38.9 Å². The summed E-state index contributed by atoms with van der Waals surface area (Å²) in [6, 6.07) is 0. The average Bonchev–Trinajstić information content (AvgIpc) is 2.66. The molecule has 0 saturated heterocycles. The van der Waals surface area contributed by atoms with E-state index in [4.69, 9.17) is 19.8 Å². The lowest BCUT2D eigenvalue weighted by atomic mass is 10.7. The molecular weight excluding hydrogens is 456 g/mol. The Kier molecular flexibility index (Phi) is 21.9. The van der Waals surface area contributed by atoms with E-state index in [0.717, 1.165) is 0 Å². The van der Waals surface area contributed by atoms with Gasteiger partial charge in [-0.15, -0.1) is 11.8 Å². The highest BCUT2D eigenvalue weighted by atomic mass is 32.3. The van der Waals surface area contributed by atoms with Crippen LogP contribution in [0.5, 0.6) is 0 Å². The lowest BCUT2D eigenvalue weighted by Gasteiger charge is -2.10. The smallest absolute Gasteiger partial charge is 0.315 e. The maximum absolute atomic E-state index is 11.8. The summed E-state index contributed by atoms with van der Waals surface area (Å²) in [5.41, 5.74) is 0. The Hall–Kier alpha value is 0.690. The van der Waals surface area contributed by atoms with Gasteiger partial charge in [0.1, 0.15) is 19.0 Å². The molecule has 1 atom stereocenters. The van der Waals surface area contributed by atoms with Crippen molar-refractivity contribution >= 4 is 69.3 Å². The van der Waals surface area contributed by atoms with Crippen molar-refractivity contribution in [1.82, 2.24) is 0 Å². The average molecular weight is 483 g/mol. The first-order valence-corrected chi connectivity index (χ1v) is 13.9. The number of thioether (sulfide) groups is 4. The Labute approximate surface area is 179 Å². The normalized spacial score (nSPS) is 12.1. The number of rotatable bonds is 19. The molecule has 2 N–H and O–H groups in total. The van der Waals surface area contributed by atoms with Crippen LogP contribution in [0.15, 0.2) is 0 Å². The Balaban J connectivity index is 3.39. The zero-order valence-electron chi connectivity index (χ0n) is 14.9. The van der Waals surface area contributed by atoms with Gasteiger partial charge in [-0.1, -0.05) is 23.5 Å². The molecule has 0 saturated carbocycles. The van der Waals surface area contributed by atoms with Crippen molar-refractivity contribution in [2.45, 2.75) is 0 Å². The molecule has 0 radical (unpaired) electrons.